The van der Waals surface area contributed by atoms with Gasteiger partial charge in [-0.05, 0) is 40.9 Å². The zero-order chi connectivity index (χ0) is 8.55. The molecular weight excluding hydrogens is 218 g/mol. The lowest BCUT2D eigenvalue weighted by atomic mass is 10.0. The molecule has 1 aliphatic rings. The van der Waals surface area contributed by atoms with Gasteiger partial charge in [-0.1, -0.05) is 0 Å². The number of halogens is 1. The number of nitrogens with one attached hydrogen (secondary N) is 1. The number of hydrogen-bond acceptors (Lipinski definition) is 2. The molecule has 1 aliphatic heterocycles. The third kappa shape index (κ3) is 1.18. The Morgan fingerprint density at radius 2 is 2.25 bits per heavy atom. The fraction of sp³-hybridized carbons (Fsp3) is 0.333. The predicted octanol–water partition coefficient (Wildman–Crippen LogP) is 2.51. The summed E-state index contributed by atoms with van der Waals surface area (Å²) in [6.45, 7) is 0.995. The Balaban J connectivity index is 2.57. The number of phenolic OH excluding ortho intramolecular Hbond substituents is 1. The number of aromatic hydroxyl groups is 1. The second-order valence-electron chi connectivity index (χ2n) is 2.95. The Kier molecular flexibility index (Phi) is 1.97. The molecule has 0 aliphatic carbocycles. The maximum absolute atomic E-state index is 9.52. The largest absolute Gasteiger partial charge is 0.508 e. The van der Waals surface area contributed by atoms with Crippen molar-refractivity contribution < 1.29 is 5.11 Å². The van der Waals surface area contributed by atoms with Crippen LogP contribution in [-0.4, -0.2) is 11.7 Å². The summed E-state index contributed by atoms with van der Waals surface area (Å²) in [5.41, 5.74) is 2.09. The minimum absolute atomic E-state index is 0.403. The van der Waals surface area contributed by atoms with E-state index in [0.29, 0.717) is 5.75 Å². The highest BCUT2D eigenvalue weighted by molar-refractivity contribution is 9.10. The number of hydrogen-bond donors (Lipinski definition) is 2. The maximum Gasteiger partial charge on any atom is 0.120 e. The van der Waals surface area contributed by atoms with Crippen LogP contribution in [0.25, 0.3) is 0 Å². The summed E-state index contributed by atoms with van der Waals surface area (Å²) in [4.78, 5) is 0. The van der Waals surface area contributed by atoms with Gasteiger partial charge >= 0.3 is 0 Å². The van der Waals surface area contributed by atoms with E-state index in [-0.39, 0.29) is 0 Å². The van der Waals surface area contributed by atoms with Crippen LogP contribution < -0.4 is 5.32 Å². The van der Waals surface area contributed by atoms with Gasteiger partial charge < -0.3 is 10.4 Å². The van der Waals surface area contributed by atoms with E-state index in [2.05, 4.69) is 21.2 Å². The van der Waals surface area contributed by atoms with Crippen LogP contribution in [-0.2, 0) is 6.42 Å². The van der Waals surface area contributed by atoms with Crippen LogP contribution in [0.3, 0.4) is 0 Å². The van der Waals surface area contributed by atoms with Gasteiger partial charge in [0.2, 0.25) is 0 Å². The van der Waals surface area contributed by atoms with Crippen molar-refractivity contribution in [2.75, 3.05) is 11.9 Å². The normalized spacial score (nSPS) is 15.1. The minimum atomic E-state index is 0.403. The summed E-state index contributed by atoms with van der Waals surface area (Å²) in [6.07, 6.45) is 2.06. The van der Waals surface area contributed by atoms with Gasteiger partial charge in [0.25, 0.3) is 0 Å². The highest BCUT2D eigenvalue weighted by Crippen LogP contribution is 2.35. The molecule has 12 heavy (non-hydrogen) atoms. The molecule has 64 valence electrons. The smallest absolute Gasteiger partial charge is 0.120 e. The molecule has 0 fully saturated rings. The summed E-state index contributed by atoms with van der Waals surface area (Å²) in [7, 11) is 0. The average molecular weight is 228 g/mol. The van der Waals surface area contributed by atoms with E-state index < -0.39 is 0 Å². The molecule has 1 heterocycles. The van der Waals surface area contributed by atoms with Crippen LogP contribution >= 0.6 is 15.9 Å². The lowest BCUT2D eigenvalue weighted by Gasteiger charge is -2.19. The van der Waals surface area contributed by atoms with Gasteiger partial charge in [0.05, 0.1) is 5.69 Å². The molecule has 3 heteroatoms. The van der Waals surface area contributed by atoms with Crippen molar-refractivity contribution in [3.05, 3.63) is 22.2 Å². The van der Waals surface area contributed by atoms with Crippen LogP contribution in [0.2, 0.25) is 0 Å². The molecule has 1 aromatic rings. The first-order valence-electron chi connectivity index (χ1n) is 4.03. The quantitative estimate of drug-likeness (QED) is 0.715. The first kappa shape index (κ1) is 7.92. The van der Waals surface area contributed by atoms with Crippen molar-refractivity contribution in [2.24, 2.45) is 0 Å². The van der Waals surface area contributed by atoms with E-state index in [4.69, 9.17) is 0 Å². The van der Waals surface area contributed by atoms with Gasteiger partial charge in [-0.2, -0.15) is 0 Å². The summed E-state index contributed by atoms with van der Waals surface area (Å²) < 4.78 is 1.04. The highest BCUT2D eigenvalue weighted by atomic mass is 79.9. The van der Waals surface area contributed by atoms with Gasteiger partial charge in [-0.3, -0.25) is 0 Å². The average Bonchev–Trinajstić information content (AvgIpc) is 2.12. The Bertz CT molecular complexity index is 281. The summed E-state index contributed by atoms with van der Waals surface area (Å²) in [6, 6.07) is 3.60. The van der Waals surface area contributed by atoms with E-state index >= 15 is 0 Å². The van der Waals surface area contributed by atoms with Crippen molar-refractivity contribution in [2.45, 2.75) is 12.8 Å². The Hall–Kier alpha value is -0.700. The standard InChI is InChI=1S/C9H10BrNO/c10-7-3-4-8(12)6-2-1-5-11-9(6)7/h3-4,11-12H,1-2,5H2. The topological polar surface area (TPSA) is 32.3 Å². The highest BCUT2D eigenvalue weighted by Gasteiger charge is 2.14. The maximum atomic E-state index is 9.52. The molecule has 0 aromatic heterocycles. The first-order chi connectivity index (χ1) is 5.79. The van der Waals surface area contributed by atoms with Crippen molar-refractivity contribution in [3.63, 3.8) is 0 Å². The van der Waals surface area contributed by atoms with Crippen LogP contribution in [0.5, 0.6) is 5.75 Å². The molecule has 0 saturated heterocycles. The molecule has 0 spiro atoms. The molecule has 0 radical (unpaired) electrons. The predicted molar refractivity (Wildman–Crippen MR) is 52.6 cm³/mol. The zero-order valence-corrected chi connectivity index (χ0v) is 8.19. The first-order valence-corrected chi connectivity index (χ1v) is 4.82. The molecule has 0 amide bonds. The lowest BCUT2D eigenvalue weighted by Crippen LogP contribution is -2.12. The molecule has 0 bridgehead atoms. The van der Waals surface area contributed by atoms with E-state index in [1.807, 2.05) is 6.07 Å². The van der Waals surface area contributed by atoms with Gasteiger partial charge in [-0.15, -0.1) is 0 Å². The zero-order valence-electron chi connectivity index (χ0n) is 6.60. The van der Waals surface area contributed by atoms with E-state index in [9.17, 15) is 5.11 Å². The number of fused-ring (bicyclic) bond motifs is 1. The van der Waals surface area contributed by atoms with Crippen LogP contribution in [0.15, 0.2) is 16.6 Å². The molecule has 0 unspecified atom stereocenters. The van der Waals surface area contributed by atoms with Crippen molar-refractivity contribution in [3.8, 4) is 5.75 Å². The molecule has 0 atom stereocenters. The second kappa shape index (κ2) is 2.98. The monoisotopic (exact) mass is 227 g/mol. The Labute approximate surface area is 79.7 Å². The SMILES string of the molecule is Oc1ccc(Br)c2c1CCCN2. The molecule has 2 N–H and O–H groups in total. The summed E-state index contributed by atoms with van der Waals surface area (Å²) in [5.74, 6) is 0.403. The van der Waals surface area contributed by atoms with Crippen molar-refractivity contribution in [1.82, 2.24) is 0 Å². The van der Waals surface area contributed by atoms with Gasteiger partial charge in [0.1, 0.15) is 5.75 Å². The van der Waals surface area contributed by atoms with Crippen LogP contribution in [0, 0.1) is 0 Å². The van der Waals surface area contributed by atoms with Crippen molar-refractivity contribution >= 4 is 21.6 Å². The minimum Gasteiger partial charge on any atom is -0.508 e. The molecule has 2 rings (SSSR count). The number of benzene rings is 1. The van der Waals surface area contributed by atoms with E-state index in [1.165, 1.54) is 0 Å². The van der Waals surface area contributed by atoms with Gasteiger partial charge in [0.15, 0.2) is 0 Å². The fourth-order valence-electron chi connectivity index (χ4n) is 1.53. The Morgan fingerprint density at radius 3 is 3.00 bits per heavy atom. The third-order valence-electron chi connectivity index (χ3n) is 2.14. The molecule has 2 nitrogen and oxygen atoms in total. The molecule has 0 saturated carbocycles. The Morgan fingerprint density at radius 1 is 1.42 bits per heavy atom. The third-order valence-corrected chi connectivity index (χ3v) is 2.80. The molecular formula is C9H10BrNO. The number of rotatable bonds is 0. The van der Waals surface area contributed by atoms with Crippen LogP contribution in [0.1, 0.15) is 12.0 Å². The van der Waals surface area contributed by atoms with Crippen LogP contribution in [0.4, 0.5) is 5.69 Å². The fourth-order valence-corrected chi connectivity index (χ4v) is 2.04. The number of phenols is 1. The summed E-state index contributed by atoms with van der Waals surface area (Å²) >= 11 is 3.44. The van der Waals surface area contributed by atoms with Crippen molar-refractivity contribution in [1.29, 1.82) is 0 Å². The van der Waals surface area contributed by atoms with E-state index in [1.54, 1.807) is 6.07 Å². The van der Waals surface area contributed by atoms with Gasteiger partial charge in [0, 0.05) is 16.6 Å². The summed E-state index contributed by atoms with van der Waals surface area (Å²) in [5, 5.41) is 12.8. The lowest BCUT2D eigenvalue weighted by molar-refractivity contribution is 0.466. The second-order valence-corrected chi connectivity index (χ2v) is 3.80. The molecule has 1 aromatic carbocycles. The van der Waals surface area contributed by atoms with Gasteiger partial charge in [-0.25, -0.2) is 0 Å². The number of anilines is 1. The van der Waals surface area contributed by atoms with E-state index in [0.717, 1.165) is 35.1 Å².